The van der Waals surface area contributed by atoms with Crippen LogP contribution < -0.4 is 5.32 Å². The van der Waals surface area contributed by atoms with Crippen LogP contribution in [0.5, 0.6) is 0 Å². The zero-order valence-electron chi connectivity index (χ0n) is 11.0. The summed E-state index contributed by atoms with van der Waals surface area (Å²) in [6.45, 7) is 0. The highest BCUT2D eigenvalue weighted by Gasteiger charge is 2.11. The van der Waals surface area contributed by atoms with E-state index in [1.165, 1.54) is 36.6 Å². The van der Waals surface area contributed by atoms with Crippen molar-refractivity contribution in [3.8, 4) is 6.07 Å². The van der Waals surface area contributed by atoms with E-state index in [0.717, 1.165) is 0 Å². The van der Waals surface area contributed by atoms with Crippen LogP contribution in [0.4, 0.5) is 5.69 Å². The van der Waals surface area contributed by atoms with Crippen LogP contribution in [0.25, 0.3) is 6.08 Å². The maximum absolute atomic E-state index is 12.0. The van der Waals surface area contributed by atoms with E-state index in [9.17, 15) is 9.59 Å². The van der Waals surface area contributed by atoms with Gasteiger partial charge >= 0.3 is 5.97 Å². The number of carboxylic acid groups (broad SMARTS) is 1. The van der Waals surface area contributed by atoms with Gasteiger partial charge < -0.3 is 14.8 Å². The van der Waals surface area contributed by atoms with Crippen molar-refractivity contribution in [3.05, 3.63) is 58.0 Å². The van der Waals surface area contributed by atoms with Crippen molar-refractivity contribution in [3.63, 3.8) is 0 Å². The minimum atomic E-state index is -1.06. The molecule has 1 amide bonds. The highest BCUT2D eigenvalue weighted by molar-refractivity contribution is 9.10. The minimum Gasteiger partial charge on any atom is -0.478 e. The number of nitriles is 1. The molecule has 0 saturated heterocycles. The lowest BCUT2D eigenvalue weighted by Crippen LogP contribution is -2.13. The molecular weight excluding hydrogens is 352 g/mol. The molecule has 0 unspecified atom stereocenters. The molecule has 1 aromatic carbocycles. The Morgan fingerprint density at radius 2 is 2.00 bits per heavy atom. The molecule has 0 aliphatic carbocycles. The van der Waals surface area contributed by atoms with Gasteiger partial charge in [-0.3, -0.25) is 4.79 Å². The molecule has 0 saturated carbocycles. The molecule has 2 N–H and O–H groups in total. The summed E-state index contributed by atoms with van der Waals surface area (Å²) < 4.78 is 5.81. The molecular formula is C15H9BrN2O4. The highest BCUT2D eigenvalue weighted by atomic mass is 79.9. The van der Waals surface area contributed by atoms with Gasteiger partial charge in [0.1, 0.15) is 23.7 Å². The van der Waals surface area contributed by atoms with Crippen molar-refractivity contribution in [2.45, 2.75) is 0 Å². The number of halogens is 1. The van der Waals surface area contributed by atoms with Gasteiger partial charge in [0.15, 0.2) is 0 Å². The number of hydrogen-bond acceptors (Lipinski definition) is 4. The van der Waals surface area contributed by atoms with Crippen LogP contribution in [0.2, 0.25) is 0 Å². The van der Waals surface area contributed by atoms with Gasteiger partial charge in [-0.05, 0) is 46.3 Å². The third-order valence-electron chi connectivity index (χ3n) is 2.63. The monoisotopic (exact) mass is 360 g/mol. The summed E-state index contributed by atoms with van der Waals surface area (Å²) in [7, 11) is 0. The molecule has 1 aromatic heterocycles. The Bertz CT molecular complexity index is 785. The van der Waals surface area contributed by atoms with Crippen molar-refractivity contribution < 1.29 is 19.1 Å². The molecule has 6 nitrogen and oxygen atoms in total. The van der Waals surface area contributed by atoms with Gasteiger partial charge in [0, 0.05) is 11.8 Å². The summed E-state index contributed by atoms with van der Waals surface area (Å²) in [6.07, 6.45) is 2.75. The lowest BCUT2D eigenvalue weighted by molar-refractivity contribution is -0.112. The van der Waals surface area contributed by atoms with Crippen LogP contribution in [0.1, 0.15) is 16.1 Å². The smallest absolute Gasteiger partial charge is 0.335 e. The molecule has 1 heterocycles. The SMILES string of the molecule is N#C/C(=C\c1cc(Br)co1)C(=O)Nc1ccc(C(=O)O)cc1. The summed E-state index contributed by atoms with van der Waals surface area (Å²) in [6, 6.07) is 9.01. The number of anilines is 1. The Morgan fingerprint density at radius 3 is 2.50 bits per heavy atom. The second-order valence-corrected chi connectivity index (χ2v) is 5.09. The average Bonchev–Trinajstić information content (AvgIpc) is 2.90. The Hall–Kier alpha value is -2.85. The quantitative estimate of drug-likeness (QED) is 0.643. The molecule has 7 heteroatoms. The van der Waals surface area contributed by atoms with Gasteiger partial charge in [-0.25, -0.2) is 4.79 Å². The minimum absolute atomic E-state index is 0.106. The molecule has 0 spiro atoms. The van der Waals surface area contributed by atoms with Crippen LogP contribution in [0, 0.1) is 11.3 Å². The van der Waals surface area contributed by atoms with Gasteiger partial charge in [-0.1, -0.05) is 0 Å². The first kappa shape index (κ1) is 15.5. The number of amides is 1. The van der Waals surface area contributed by atoms with E-state index >= 15 is 0 Å². The van der Waals surface area contributed by atoms with E-state index in [0.29, 0.717) is 15.9 Å². The molecule has 0 fully saturated rings. The maximum atomic E-state index is 12.0. The Labute approximate surface area is 133 Å². The molecule has 0 radical (unpaired) electrons. The molecule has 22 heavy (non-hydrogen) atoms. The molecule has 0 aliphatic heterocycles. The number of rotatable bonds is 4. The number of carbonyl (C=O) groups excluding carboxylic acids is 1. The zero-order chi connectivity index (χ0) is 16.1. The lowest BCUT2D eigenvalue weighted by atomic mass is 10.2. The number of carbonyl (C=O) groups is 2. The molecule has 0 bridgehead atoms. The van der Waals surface area contributed by atoms with Gasteiger partial charge in [0.2, 0.25) is 0 Å². The fourth-order valence-electron chi connectivity index (χ4n) is 1.59. The molecule has 2 rings (SSSR count). The van der Waals surface area contributed by atoms with Gasteiger partial charge in [-0.15, -0.1) is 0 Å². The van der Waals surface area contributed by atoms with E-state index in [4.69, 9.17) is 14.8 Å². The van der Waals surface area contributed by atoms with Crippen LogP contribution in [-0.2, 0) is 4.79 Å². The molecule has 110 valence electrons. The molecule has 0 aliphatic rings. The molecule has 0 atom stereocenters. The van der Waals surface area contributed by atoms with Crippen molar-refractivity contribution in [1.82, 2.24) is 0 Å². The van der Waals surface area contributed by atoms with Crippen LogP contribution >= 0.6 is 15.9 Å². The maximum Gasteiger partial charge on any atom is 0.335 e. The summed E-state index contributed by atoms with van der Waals surface area (Å²) in [5.41, 5.74) is 0.357. The van der Waals surface area contributed by atoms with Crippen molar-refractivity contribution in [2.75, 3.05) is 5.32 Å². The number of benzene rings is 1. The van der Waals surface area contributed by atoms with Gasteiger partial charge in [0.05, 0.1) is 10.0 Å². The van der Waals surface area contributed by atoms with E-state index in [-0.39, 0.29) is 11.1 Å². The highest BCUT2D eigenvalue weighted by Crippen LogP contribution is 2.17. The van der Waals surface area contributed by atoms with E-state index in [1.54, 1.807) is 12.1 Å². The number of nitrogens with one attached hydrogen (secondary N) is 1. The Kier molecular flexibility index (Phi) is 4.76. The first-order chi connectivity index (χ1) is 10.5. The first-order valence-electron chi connectivity index (χ1n) is 6.00. The van der Waals surface area contributed by atoms with Gasteiger partial charge in [-0.2, -0.15) is 5.26 Å². The first-order valence-corrected chi connectivity index (χ1v) is 6.79. The van der Waals surface area contributed by atoms with Crippen molar-refractivity contribution >= 4 is 39.6 Å². The second-order valence-electron chi connectivity index (χ2n) is 4.17. The predicted molar refractivity (Wildman–Crippen MR) is 82.0 cm³/mol. The Morgan fingerprint density at radius 1 is 1.32 bits per heavy atom. The fraction of sp³-hybridized carbons (Fsp3) is 0. The fourth-order valence-corrected chi connectivity index (χ4v) is 1.91. The normalized spacial score (nSPS) is 10.8. The number of carboxylic acids is 1. The van der Waals surface area contributed by atoms with E-state index < -0.39 is 11.9 Å². The van der Waals surface area contributed by atoms with Crippen LogP contribution in [-0.4, -0.2) is 17.0 Å². The third-order valence-corrected chi connectivity index (χ3v) is 3.04. The van der Waals surface area contributed by atoms with Crippen molar-refractivity contribution in [1.29, 1.82) is 5.26 Å². The third kappa shape index (κ3) is 3.84. The van der Waals surface area contributed by atoms with Gasteiger partial charge in [0.25, 0.3) is 5.91 Å². The number of hydrogen-bond donors (Lipinski definition) is 2. The topological polar surface area (TPSA) is 103 Å². The summed E-state index contributed by atoms with van der Waals surface area (Å²) in [4.78, 5) is 22.7. The second kappa shape index (κ2) is 6.74. The predicted octanol–water partition coefficient (Wildman–Crippen LogP) is 3.29. The molecule has 2 aromatic rings. The lowest BCUT2D eigenvalue weighted by Gasteiger charge is -2.04. The number of aromatic carboxylic acids is 1. The van der Waals surface area contributed by atoms with E-state index in [1.807, 2.05) is 0 Å². The average molecular weight is 361 g/mol. The van der Waals surface area contributed by atoms with Crippen molar-refractivity contribution in [2.24, 2.45) is 0 Å². The summed E-state index contributed by atoms with van der Waals surface area (Å²) in [5.74, 6) is -1.31. The van der Waals surface area contributed by atoms with E-state index in [2.05, 4.69) is 21.2 Å². The largest absolute Gasteiger partial charge is 0.478 e. The number of nitrogens with zero attached hydrogens (tertiary/aromatic N) is 1. The summed E-state index contributed by atoms with van der Waals surface area (Å²) in [5, 5.41) is 20.4. The Balaban J connectivity index is 2.14. The number of furan rings is 1. The summed E-state index contributed by atoms with van der Waals surface area (Å²) >= 11 is 3.20. The standard InChI is InChI=1S/C15H9BrN2O4/c16-11-6-13(22-8-11)5-10(7-17)14(19)18-12-3-1-9(2-4-12)15(20)21/h1-6,8H,(H,18,19)(H,20,21)/b10-5+. The van der Waals surface area contributed by atoms with Crippen LogP contribution in [0.3, 0.4) is 0 Å². The zero-order valence-corrected chi connectivity index (χ0v) is 12.6. The van der Waals surface area contributed by atoms with Crippen LogP contribution in [0.15, 0.2) is 51.1 Å².